The van der Waals surface area contributed by atoms with Gasteiger partial charge in [-0.3, -0.25) is 9.78 Å². The number of halogens is 1. The first kappa shape index (κ1) is 9.44. The maximum atomic E-state index is 12.8. The van der Waals surface area contributed by atoms with E-state index < -0.39 is 11.8 Å². The molecule has 0 saturated carbocycles. The summed E-state index contributed by atoms with van der Waals surface area (Å²) in [7, 11) is 1.31. The number of carboxylic acid groups (broad SMARTS) is 1. The molecule has 0 radical (unpaired) electrons. The van der Waals surface area contributed by atoms with Gasteiger partial charge in [-0.25, -0.2) is 4.39 Å². The number of aliphatic carboxylic acids is 1. The van der Waals surface area contributed by atoms with Crippen LogP contribution in [0.2, 0.25) is 0 Å². The molecule has 70 valence electrons. The van der Waals surface area contributed by atoms with E-state index in [1.807, 2.05) is 0 Å². The number of methoxy groups -OCH3 is 1. The van der Waals surface area contributed by atoms with Crippen molar-refractivity contribution < 1.29 is 19.0 Å². The van der Waals surface area contributed by atoms with E-state index in [1.54, 1.807) is 0 Å². The molecule has 0 aliphatic rings. The van der Waals surface area contributed by atoms with Crippen LogP contribution in [0.3, 0.4) is 0 Å². The minimum Gasteiger partial charge on any atom is -0.494 e. The summed E-state index contributed by atoms with van der Waals surface area (Å²) in [6.07, 6.45) is 0.702. The molecule has 13 heavy (non-hydrogen) atoms. The largest absolute Gasteiger partial charge is 0.494 e. The summed E-state index contributed by atoms with van der Waals surface area (Å²) in [5.41, 5.74) is 0.269. The Balaban J connectivity index is 2.92. The molecule has 0 amide bonds. The lowest BCUT2D eigenvalue weighted by atomic mass is 10.2. The lowest BCUT2D eigenvalue weighted by molar-refractivity contribution is -0.136. The van der Waals surface area contributed by atoms with Gasteiger partial charge in [-0.05, 0) is 0 Å². The van der Waals surface area contributed by atoms with E-state index in [1.165, 1.54) is 13.2 Å². The monoisotopic (exact) mass is 185 g/mol. The minimum absolute atomic E-state index is 0.00579. The van der Waals surface area contributed by atoms with Gasteiger partial charge in [-0.2, -0.15) is 0 Å². The second kappa shape index (κ2) is 3.84. The molecule has 0 atom stereocenters. The number of pyridine rings is 1. The van der Waals surface area contributed by atoms with Gasteiger partial charge in [-0.1, -0.05) is 0 Å². The molecule has 5 heteroatoms. The van der Waals surface area contributed by atoms with Gasteiger partial charge in [0.1, 0.15) is 0 Å². The number of rotatable bonds is 3. The van der Waals surface area contributed by atoms with Crippen LogP contribution in [0.1, 0.15) is 5.69 Å². The van der Waals surface area contributed by atoms with Crippen molar-refractivity contribution in [3.63, 3.8) is 0 Å². The fraction of sp³-hybridized carbons (Fsp3) is 0.250. The van der Waals surface area contributed by atoms with Gasteiger partial charge in [0, 0.05) is 6.07 Å². The third kappa shape index (κ3) is 2.40. The zero-order chi connectivity index (χ0) is 9.84. The Labute approximate surface area is 74.0 Å². The van der Waals surface area contributed by atoms with Crippen LogP contribution in [0.5, 0.6) is 5.75 Å². The molecular formula is C8H8FNO3. The normalized spacial score (nSPS) is 9.69. The lowest BCUT2D eigenvalue weighted by Crippen LogP contribution is -2.03. The van der Waals surface area contributed by atoms with Crippen molar-refractivity contribution in [3.8, 4) is 5.75 Å². The van der Waals surface area contributed by atoms with E-state index in [9.17, 15) is 9.18 Å². The second-order valence-corrected chi connectivity index (χ2v) is 2.38. The van der Waals surface area contributed by atoms with Gasteiger partial charge >= 0.3 is 5.97 Å². The topological polar surface area (TPSA) is 59.4 Å². The number of aromatic nitrogens is 1. The molecular weight excluding hydrogens is 177 g/mol. The Kier molecular flexibility index (Phi) is 2.79. The van der Waals surface area contributed by atoms with Gasteiger partial charge in [0.15, 0.2) is 11.6 Å². The van der Waals surface area contributed by atoms with Crippen molar-refractivity contribution in [1.82, 2.24) is 4.98 Å². The van der Waals surface area contributed by atoms with Gasteiger partial charge in [0.05, 0.1) is 25.4 Å². The molecule has 1 N–H and O–H groups in total. The maximum Gasteiger partial charge on any atom is 0.309 e. The maximum absolute atomic E-state index is 12.8. The lowest BCUT2D eigenvalue weighted by Gasteiger charge is -2.02. The van der Waals surface area contributed by atoms with Crippen LogP contribution in [0, 0.1) is 5.82 Å². The Bertz CT molecular complexity index is 327. The first-order chi connectivity index (χ1) is 6.13. The average Bonchev–Trinajstić information content (AvgIpc) is 2.07. The molecule has 0 aromatic carbocycles. The molecule has 0 aliphatic carbocycles. The highest BCUT2D eigenvalue weighted by Gasteiger charge is 2.07. The number of nitrogens with zero attached hydrogens (tertiary/aromatic N) is 1. The molecule has 1 aromatic rings. The predicted molar refractivity (Wildman–Crippen MR) is 42.1 cm³/mol. The summed E-state index contributed by atoms with van der Waals surface area (Å²) in [5.74, 6) is -1.61. The highest BCUT2D eigenvalue weighted by atomic mass is 19.1. The quantitative estimate of drug-likeness (QED) is 0.758. The van der Waals surface area contributed by atoms with Crippen LogP contribution >= 0.6 is 0 Å². The second-order valence-electron chi connectivity index (χ2n) is 2.38. The molecule has 0 spiro atoms. The van der Waals surface area contributed by atoms with Gasteiger partial charge < -0.3 is 9.84 Å². The molecule has 0 unspecified atom stereocenters. The minimum atomic E-state index is -1.01. The van der Waals surface area contributed by atoms with E-state index in [-0.39, 0.29) is 17.9 Å². The Morgan fingerprint density at radius 3 is 3.00 bits per heavy atom. The van der Waals surface area contributed by atoms with E-state index >= 15 is 0 Å². The summed E-state index contributed by atoms with van der Waals surface area (Å²) in [6, 6.07) is 1.27. The summed E-state index contributed by atoms with van der Waals surface area (Å²) in [4.78, 5) is 13.9. The summed E-state index contributed by atoms with van der Waals surface area (Å²) in [5, 5.41) is 8.43. The van der Waals surface area contributed by atoms with E-state index in [0.29, 0.717) is 0 Å². The molecule has 0 fully saturated rings. The first-order valence-electron chi connectivity index (χ1n) is 3.53. The van der Waals surface area contributed by atoms with Crippen LogP contribution in [0.4, 0.5) is 4.39 Å². The molecule has 0 aliphatic heterocycles. The molecule has 0 saturated heterocycles. The van der Waals surface area contributed by atoms with Crippen LogP contribution in [-0.2, 0) is 11.2 Å². The number of carboxylic acids is 1. The third-order valence-corrected chi connectivity index (χ3v) is 1.43. The molecule has 1 heterocycles. The number of ether oxygens (including phenoxy) is 1. The zero-order valence-electron chi connectivity index (χ0n) is 6.95. The first-order valence-corrected chi connectivity index (χ1v) is 3.53. The smallest absolute Gasteiger partial charge is 0.309 e. The predicted octanol–water partition coefficient (Wildman–Crippen LogP) is 0.856. The highest BCUT2D eigenvalue weighted by molar-refractivity contribution is 5.69. The van der Waals surface area contributed by atoms with Crippen LogP contribution < -0.4 is 4.74 Å². The fourth-order valence-electron chi connectivity index (χ4n) is 0.869. The van der Waals surface area contributed by atoms with E-state index in [4.69, 9.17) is 5.11 Å². The fourth-order valence-corrected chi connectivity index (χ4v) is 0.869. The molecule has 4 nitrogen and oxygen atoms in total. The Morgan fingerprint density at radius 1 is 1.77 bits per heavy atom. The summed E-state index contributed by atoms with van der Waals surface area (Å²) in [6.45, 7) is 0. The van der Waals surface area contributed by atoms with Gasteiger partial charge in [0.2, 0.25) is 0 Å². The van der Waals surface area contributed by atoms with Crippen molar-refractivity contribution >= 4 is 5.97 Å². The van der Waals surface area contributed by atoms with E-state index in [0.717, 1.165) is 6.20 Å². The summed E-state index contributed by atoms with van der Waals surface area (Å²) >= 11 is 0. The van der Waals surface area contributed by atoms with Crippen LogP contribution in [-0.4, -0.2) is 23.2 Å². The molecule has 0 bridgehead atoms. The summed E-state index contributed by atoms with van der Waals surface area (Å²) < 4.78 is 17.4. The van der Waals surface area contributed by atoms with Crippen molar-refractivity contribution in [2.75, 3.05) is 7.11 Å². The highest BCUT2D eigenvalue weighted by Crippen LogP contribution is 2.16. The molecule has 1 aromatic heterocycles. The number of hydrogen-bond donors (Lipinski definition) is 1. The van der Waals surface area contributed by atoms with Gasteiger partial charge in [-0.15, -0.1) is 0 Å². The Morgan fingerprint density at radius 2 is 2.46 bits per heavy atom. The number of carbonyl (C=O) groups is 1. The van der Waals surface area contributed by atoms with E-state index in [2.05, 4.69) is 9.72 Å². The Hall–Kier alpha value is -1.65. The third-order valence-electron chi connectivity index (χ3n) is 1.43. The number of hydrogen-bond acceptors (Lipinski definition) is 3. The van der Waals surface area contributed by atoms with Crippen molar-refractivity contribution in [2.45, 2.75) is 6.42 Å². The average molecular weight is 185 g/mol. The SMILES string of the molecule is COc1cc(CC(=O)O)ncc1F. The standard InChI is InChI=1S/C8H8FNO3/c1-13-7-2-5(3-8(11)12)10-4-6(7)9/h2,4H,3H2,1H3,(H,11,12). The van der Waals surface area contributed by atoms with Crippen molar-refractivity contribution in [2.24, 2.45) is 0 Å². The van der Waals surface area contributed by atoms with Crippen LogP contribution in [0.25, 0.3) is 0 Å². The van der Waals surface area contributed by atoms with Gasteiger partial charge in [0.25, 0.3) is 0 Å². The van der Waals surface area contributed by atoms with Crippen LogP contribution in [0.15, 0.2) is 12.3 Å². The van der Waals surface area contributed by atoms with Crippen molar-refractivity contribution in [3.05, 3.63) is 23.8 Å². The van der Waals surface area contributed by atoms with Crippen molar-refractivity contribution in [1.29, 1.82) is 0 Å². The zero-order valence-corrected chi connectivity index (χ0v) is 6.95. The molecule has 1 rings (SSSR count).